The van der Waals surface area contributed by atoms with Gasteiger partial charge in [0.2, 0.25) is 0 Å². The lowest BCUT2D eigenvalue weighted by molar-refractivity contribution is -0.0485. The molecule has 2 rings (SSSR count). The summed E-state index contributed by atoms with van der Waals surface area (Å²) in [6.07, 6.45) is 0.769. The lowest BCUT2D eigenvalue weighted by Gasteiger charge is -2.21. The Labute approximate surface area is 92.1 Å². The van der Waals surface area contributed by atoms with Crippen LogP contribution in [0, 0.1) is 5.92 Å². The van der Waals surface area contributed by atoms with E-state index < -0.39 is 15.5 Å². The van der Waals surface area contributed by atoms with Crippen LogP contribution in [0.3, 0.4) is 0 Å². The third-order valence-corrected chi connectivity index (χ3v) is 4.99. The molecule has 0 aliphatic carbocycles. The van der Waals surface area contributed by atoms with Gasteiger partial charge in [-0.05, 0) is 25.9 Å². The lowest BCUT2D eigenvalue weighted by Crippen LogP contribution is -2.41. The average Bonchev–Trinajstić information content (AvgIpc) is 2.67. The van der Waals surface area contributed by atoms with Crippen LogP contribution in [0.4, 0.5) is 13.2 Å². The molecule has 0 aromatic rings. The first-order valence-corrected chi connectivity index (χ1v) is 6.44. The van der Waals surface area contributed by atoms with Crippen molar-refractivity contribution in [1.82, 2.24) is 9.21 Å². The van der Waals surface area contributed by atoms with Crippen molar-refractivity contribution in [1.29, 1.82) is 0 Å². The fourth-order valence-corrected chi connectivity index (χ4v) is 3.51. The van der Waals surface area contributed by atoms with Crippen molar-refractivity contribution in [2.24, 2.45) is 5.92 Å². The smallest absolute Gasteiger partial charge is 0.302 e. The van der Waals surface area contributed by atoms with E-state index in [4.69, 9.17) is 0 Å². The van der Waals surface area contributed by atoms with Crippen LogP contribution in [0.25, 0.3) is 0 Å². The average molecular weight is 258 g/mol. The van der Waals surface area contributed by atoms with E-state index in [1.54, 1.807) is 0 Å². The SMILES string of the molecule is CN1CCC2CN(S(=O)(=O)C(F)(F)F)CC21. The number of likely N-dealkylation sites (N-methyl/N-ethyl adjacent to an activating group) is 1. The van der Waals surface area contributed by atoms with E-state index in [2.05, 4.69) is 0 Å². The summed E-state index contributed by atoms with van der Waals surface area (Å²) >= 11 is 0. The van der Waals surface area contributed by atoms with Gasteiger partial charge in [0, 0.05) is 19.1 Å². The van der Waals surface area contributed by atoms with E-state index in [-0.39, 0.29) is 25.0 Å². The van der Waals surface area contributed by atoms with Crippen molar-refractivity contribution in [2.75, 3.05) is 26.7 Å². The number of hydrogen-bond donors (Lipinski definition) is 0. The highest BCUT2D eigenvalue weighted by Gasteiger charge is 2.54. The van der Waals surface area contributed by atoms with Crippen LogP contribution in [0.1, 0.15) is 6.42 Å². The van der Waals surface area contributed by atoms with Crippen molar-refractivity contribution >= 4 is 10.0 Å². The molecule has 2 heterocycles. The van der Waals surface area contributed by atoms with Crippen LogP contribution in [-0.4, -0.2) is 55.9 Å². The Kier molecular flexibility index (Phi) is 2.71. The van der Waals surface area contributed by atoms with Gasteiger partial charge in [-0.2, -0.15) is 17.5 Å². The minimum absolute atomic E-state index is 0.00312. The molecule has 2 unspecified atom stereocenters. The minimum atomic E-state index is -5.18. The van der Waals surface area contributed by atoms with E-state index >= 15 is 0 Å². The summed E-state index contributed by atoms with van der Waals surface area (Å²) in [5.41, 5.74) is -5.18. The van der Waals surface area contributed by atoms with Gasteiger partial charge >= 0.3 is 15.5 Å². The lowest BCUT2D eigenvalue weighted by atomic mass is 10.1. The van der Waals surface area contributed by atoms with Crippen LogP contribution in [0.5, 0.6) is 0 Å². The third kappa shape index (κ3) is 1.72. The van der Waals surface area contributed by atoms with Crippen molar-refractivity contribution < 1.29 is 21.6 Å². The highest BCUT2D eigenvalue weighted by molar-refractivity contribution is 7.90. The van der Waals surface area contributed by atoms with Gasteiger partial charge in [0.1, 0.15) is 0 Å². The van der Waals surface area contributed by atoms with Crippen LogP contribution in [-0.2, 0) is 10.0 Å². The first kappa shape index (κ1) is 12.1. The molecule has 0 aromatic carbocycles. The van der Waals surface area contributed by atoms with Gasteiger partial charge in [-0.25, -0.2) is 8.42 Å². The van der Waals surface area contributed by atoms with Gasteiger partial charge in [-0.15, -0.1) is 0 Å². The maximum Gasteiger partial charge on any atom is 0.511 e. The fourth-order valence-electron chi connectivity index (χ4n) is 2.48. The van der Waals surface area contributed by atoms with Crippen molar-refractivity contribution in [3.8, 4) is 0 Å². The van der Waals surface area contributed by atoms with Crippen LogP contribution < -0.4 is 0 Å². The van der Waals surface area contributed by atoms with Gasteiger partial charge in [-0.1, -0.05) is 0 Å². The van der Waals surface area contributed by atoms with E-state index in [0.717, 1.165) is 13.0 Å². The number of sulfonamides is 1. The number of halogens is 3. The number of fused-ring (bicyclic) bond motifs is 1. The second kappa shape index (κ2) is 3.58. The number of alkyl halides is 3. The normalized spacial score (nSPS) is 33.2. The molecular formula is C8H13F3N2O2S. The Morgan fingerprint density at radius 1 is 1.25 bits per heavy atom. The van der Waals surface area contributed by atoms with Gasteiger partial charge in [-0.3, -0.25) is 0 Å². The molecule has 0 spiro atoms. The monoisotopic (exact) mass is 258 g/mol. The second-order valence-electron chi connectivity index (χ2n) is 4.36. The molecule has 2 saturated heterocycles. The van der Waals surface area contributed by atoms with Crippen LogP contribution >= 0.6 is 0 Å². The molecular weight excluding hydrogens is 245 g/mol. The molecule has 2 aliphatic rings. The van der Waals surface area contributed by atoms with Crippen LogP contribution in [0.2, 0.25) is 0 Å². The molecule has 94 valence electrons. The first-order chi connectivity index (χ1) is 7.23. The van der Waals surface area contributed by atoms with Gasteiger partial charge < -0.3 is 4.90 Å². The summed E-state index contributed by atoms with van der Waals surface area (Å²) in [5.74, 6) is 0.0436. The molecule has 0 aromatic heterocycles. The number of likely N-dealkylation sites (tertiary alicyclic amines) is 1. The molecule has 2 aliphatic heterocycles. The summed E-state index contributed by atoms with van der Waals surface area (Å²) in [6.45, 7) is 0.787. The van der Waals surface area contributed by atoms with Crippen molar-refractivity contribution in [3.63, 3.8) is 0 Å². The summed E-state index contributed by atoms with van der Waals surface area (Å²) < 4.78 is 59.9. The summed E-state index contributed by atoms with van der Waals surface area (Å²) in [4.78, 5) is 1.93. The summed E-state index contributed by atoms with van der Waals surface area (Å²) in [6, 6.07) is -0.0582. The molecule has 16 heavy (non-hydrogen) atoms. The molecule has 0 amide bonds. The molecule has 8 heteroatoms. The molecule has 0 N–H and O–H groups in total. The van der Waals surface area contributed by atoms with Crippen molar-refractivity contribution in [2.45, 2.75) is 18.0 Å². The Bertz CT molecular complexity index is 381. The molecule has 4 nitrogen and oxygen atoms in total. The number of hydrogen-bond acceptors (Lipinski definition) is 3. The van der Waals surface area contributed by atoms with Crippen LogP contribution in [0.15, 0.2) is 0 Å². The van der Waals surface area contributed by atoms with Crippen molar-refractivity contribution in [3.05, 3.63) is 0 Å². The Hall–Kier alpha value is -0.340. The third-order valence-electron chi connectivity index (χ3n) is 3.42. The van der Waals surface area contributed by atoms with Gasteiger partial charge in [0.05, 0.1) is 0 Å². The molecule has 2 atom stereocenters. The van der Waals surface area contributed by atoms with Gasteiger partial charge in [0.25, 0.3) is 0 Å². The predicted molar refractivity (Wildman–Crippen MR) is 51.1 cm³/mol. The topological polar surface area (TPSA) is 40.6 Å². The van der Waals surface area contributed by atoms with Gasteiger partial charge in [0.15, 0.2) is 0 Å². The molecule has 0 radical (unpaired) electrons. The zero-order valence-electron chi connectivity index (χ0n) is 8.74. The van der Waals surface area contributed by atoms with E-state index in [0.29, 0.717) is 4.31 Å². The maximum atomic E-state index is 12.3. The highest BCUT2D eigenvalue weighted by Crippen LogP contribution is 2.36. The zero-order chi connectivity index (χ0) is 12.1. The predicted octanol–water partition coefficient (Wildman–Crippen LogP) is 0.472. The molecule has 2 fully saturated rings. The largest absolute Gasteiger partial charge is 0.511 e. The minimum Gasteiger partial charge on any atom is -0.302 e. The highest BCUT2D eigenvalue weighted by atomic mass is 32.2. The summed E-state index contributed by atoms with van der Waals surface area (Å²) in [7, 11) is -3.32. The van der Waals surface area contributed by atoms with E-state index in [1.807, 2.05) is 11.9 Å². The molecule has 0 saturated carbocycles. The molecule has 0 bridgehead atoms. The number of nitrogens with zero attached hydrogens (tertiary/aromatic N) is 2. The van der Waals surface area contributed by atoms with E-state index in [9.17, 15) is 21.6 Å². The summed E-state index contributed by atoms with van der Waals surface area (Å²) in [5, 5.41) is 0. The zero-order valence-corrected chi connectivity index (χ0v) is 9.55. The Morgan fingerprint density at radius 3 is 2.38 bits per heavy atom. The number of rotatable bonds is 1. The fraction of sp³-hybridized carbons (Fsp3) is 1.00. The first-order valence-electron chi connectivity index (χ1n) is 5.00. The second-order valence-corrected chi connectivity index (χ2v) is 6.29. The maximum absolute atomic E-state index is 12.3. The standard InChI is InChI=1S/C8H13F3N2O2S/c1-12-3-2-6-4-13(5-7(6)12)16(14,15)8(9,10)11/h6-7H,2-5H2,1H3. The van der Waals surface area contributed by atoms with E-state index in [1.165, 1.54) is 0 Å². The quantitative estimate of drug-likeness (QED) is 0.686. The Balaban J connectivity index is 2.16. The Morgan fingerprint density at radius 2 is 1.88 bits per heavy atom.